The summed E-state index contributed by atoms with van der Waals surface area (Å²) in [6.45, 7) is 9.42. The van der Waals surface area contributed by atoms with E-state index in [0.29, 0.717) is 12.0 Å². The molecule has 0 aliphatic carbocycles. The van der Waals surface area contributed by atoms with Crippen LogP contribution in [0.5, 0.6) is 0 Å². The Hall–Kier alpha value is -0.680. The molecule has 1 rings (SSSR count). The lowest BCUT2D eigenvalue weighted by Gasteiger charge is -2.28. The van der Waals surface area contributed by atoms with Gasteiger partial charge in [-0.3, -0.25) is 0 Å². The lowest BCUT2D eigenvalue weighted by molar-refractivity contribution is 0.288. The van der Waals surface area contributed by atoms with Gasteiger partial charge in [0.2, 0.25) is 0 Å². The van der Waals surface area contributed by atoms with E-state index in [2.05, 4.69) is 58.5 Å². The van der Waals surface area contributed by atoms with Crippen LogP contribution in [0, 0.1) is 0 Å². The van der Waals surface area contributed by atoms with E-state index in [1.807, 2.05) is 6.07 Å². The van der Waals surface area contributed by atoms with Crippen molar-refractivity contribution in [1.29, 1.82) is 0 Å². The van der Waals surface area contributed by atoms with Gasteiger partial charge in [0, 0.05) is 31.2 Å². The fourth-order valence-electron chi connectivity index (χ4n) is 1.71. The van der Waals surface area contributed by atoms with Gasteiger partial charge in [-0.15, -0.1) is 0 Å². The van der Waals surface area contributed by atoms with Crippen LogP contribution in [0.25, 0.3) is 0 Å². The molecular formula is C13H22BrN3O. The molecule has 0 aliphatic heterocycles. The third-order valence-electron chi connectivity index (χ3n) is 2.69. The van der Waals surface area contributed by atoms with E-state index in [1.165, 1.54) is 0 Å². The number of hydrogen-bond acceptors (Lipinski definition) is 4. The first-order valence-corrected chi connectivity index (χ1v) is 7.17. The fourth-order valence-corrected chi connectivity index (χ4v) is 2.09. The molecule has 18 heavy (non-hydrogen) atoms. The van der Waals surface area contributed by atoms with Gasteiger partial charge in [0.25, 0.3) is 0 Å². The second kappa shape index (κ2) is 7.04. The highest BCUT2D eigenvalue weighted by Crippen LogP contribution is 2.22. The molecule has 1 aromatic rings. The Morgan fingerprint density at radius 3 is 2.44 bits per heavy atom. The van der Waals surface area contributed by atoms with Crippen LogP contribution in [0.2, 0.25) is 0 Å². The van der Waals surface area contributed by atoms with Gasteiger partial charge < -0.3 is 10.0 Å². The summed E-state index contributed by atoms with van der Waals surface area (Å²) < 4.78 is 0.811. The van der Waals surface area contributed by atoms with Gasteiger partial charge in [-0.25, -0.2) is 9.97 Å². The van der Waals surface area contributed by atoms with Crippen molar-refractivity contribution in [3.8, 4) is 0 Å². The van der Waals surface area contributed by atoms with Gasteiger partial charge in [-0.2, -0.15) is 0 Å². The predicted octanol–water partition coefficient (Wildman–Crippen LogP) is 2.96. The zero-order valence-electron chi connectivity index (χ0n) is 11.5. The van der Waals surface area contributed by atoms with Crippen molar-refractivity contribution in [2.24, 2.45) is 0 Å². The van der Waals surface area contributed by atoms with Gasteiger partial charge in [0.05, 0.1) is 0 Å². The minimum Gasteiger partial charge on any atom is -0.396 e. The van der Waals surface area contributed by atoms with Crippen molar-refractivity contribution in [3.63, 3.8) is 0 Å². The number of nitrogens with zero attached hydrogens (tertiary/aromatic N) is 3. The molecule has 0 saturated carbocycles. The molecule has 0 amide bonds. The largest absolute Gasteiger partial charge is 0.396 e. The maximum Gasteiger partial charge on any atom is 0.134 e. The Morgan fingerprint density at radius 2 is 1.94 bits per heavy atom. The normalized spacial score (nSPS) is 11.3. The Morgan fingerprint density at radius 1 is 1.28 bits per heavy atom. The SMILES string of the molecule is CC(C)c1nc(Br)cc(N(CCCO)C(C)C)n1. The van der Waals surface area contributed by atoms with Crippen molar-refractivity contribution < 1.29 is 5.11 Å². The summed E-state index contributed by atoms with van der Waals surface area (Å²) in [6, 6.07) is 2.28. The minimum atomic E-state index is 0.201. The van der Waals surface area contributed by atoms with Gasteiger partial charge in [-0.05, 0) is 36.2 Å². The number of hydrogen-bond donors (Lipinski definition) is 1. The van der Waals surface area contributed by atoms with Crippen LogP contribution in [0.15, 0.2) is 10.7 Å². The number of anilines is 1. The molecule has 0 spiro atoms. The quantitative estimate of drug-likeness (QED) is 0.820. The fraction of sp³-hybridized carbons (Fsp3) is 0.692. The van der Waals surface area contributed by atoms with Gasteiger partial charge in [0.15, 0.2) is 0 Å². The molecule has 1 heterocycles. The van der Waals surface area contributed by atoms with Crippen molar-refractivity contribution in [2.75, 3.05) is 18.1 Å². The first kappa shape index (κ1) is 15.4. The average molecular weight is 316 g/mol. The Bertz CT molecular complexity index is 382. The van der Waals surface area contributed by atoms with Crippen molar-refractivity contribution >= 4 is 21.7 Å². The van der Waals surface area contributed by atoms with Crippen LogP contribution < -0.4 is 4.90 Å². The highest BCUT2D eigenvalue weighted by Gasteiger charge is 2.15. The van der Waals surface area contributed by atoms with Crippen molar-refractivity contribution in [1.82, 2.24) is 9.97 Å². The summed E-state index contributed by atoms with van der Waals surface area (Å²) in [5.41, 5.74) is 0. The average Bonchev–Trinajstić information content (AvgIpc) is 2.28. The summed E-state index contributed by atoms with van der Waals surface area (Å²) >= 11 is 3.44. The molecule has 0 aromatic carbocycles. The highest BCUT2D eigenvalue weighted by atomic mass is 79.9. The molecule has 0 unspecified atom stereocenters. The molecule has 0 bridgehead atoms. The summed E-state index contributed by atoms with van der Waals surface area (Å²) in [4.78, 5) is 11.2. The van der Waals surface area contributed by atoms with Crippen LogP contribution in [-0.2, 0) is 0 Å². The highest BCUT2D eigenvalue weighted by molar-refractivity contribution is 9.10. The predicted molar refractivity (Wildman–Crippen MR) is 78.0 cm³/mol. The maximum atomic E-state index is 8.97. The third kappa shape index (κ3) is 4.21. The van der Waals surface area contributed by atoms with E-state index in [0.717, 1.165) is 29.2 Å². The third-order valence-corrected chi connectivity index (χ3v) is 3.10. The topological polar surface area (TPSA) is 49.2 Å². The molecule has 0 atom stereocenters. The molecular weight excluding hydrogens is 294 g/mol. The van der Waals surface area contributed by atoms with Crippen molar-refractivity contribution in [3.05, 3.63) is 16.5 Å². The van der Waals surface area contributed by atoms with Crippen LogP contribution in [-0.4, -0.2) is 34.3 Å². The second-order valence-electron chi connectivity index (χ2n) is 4.93. The van der Waals surface area contributed by atoms with E-state index in [1.54, 1.807) is 0 Å². The number of aliphatic hydroxyl groups is 1. The van der Waals surface area contributed by atoms with E-state index in [-0.39, 0.29) is 6.61 Å². The molecule has 0 saturated heterocycles. The zero-order valence-corrected chi connectivity index (χ0v) is 13.1. The summed E-state index contributed by atoms with van der Waals surface area (Å²) in [7, 11) is 0. The molecule has 1 aromatic heterocycles. The monoisotopic (exact) mass is 315 g/mol. The Kier molecular flexibility index (Phi) is 6.02. The number of halogens is 1. The maximum absolute atomic E-state index is 8.97. The lowest BCUT2D eigenvalue weighted by Crippen LogP contribution is -2.33. The van der Waals surface area contributed by atoms with Crippen LogP contribution in [0.4, 0.5) is 5.82 Å². The summed E-state index contributed by atoms with van der Waals surface area (Å²) in [5, 5.41) is 8.97. The van der Waals surface area contributed by atoms with Gasteiger partial charge in [-0.1, -0.05) is 13.8 Å². The first-order chi connectivity index (χ1) is 8.45. The Balaban J connectivity index is 3.03. The van der Waals surface area contributed by atoms with E-state index in [4.69, 9.17) is 5.11 Å². The standard InChI is InChI=1S/C13H22BrN3O/c1-9(2)13-15-11(14)8-12(16-13)17(10(3)4)6-5-7-18/h8-10,18H,5-7H2,1-4H3. The lowest BCUT2D eigenvalue weighted by atomic mass is 10.2. The summed E-state index contributed by atoms with van der Waals surface area (Å²) in [6.07, 6.45) is 0.747. The molecule has 0 radical (unpaired) electrons. The molecule has 5 heteroatoms. The van der Waals surface area contributed by atoms with Gasteiger partial charge in [0.1, 0.15) is 16.2 Å². The smallest absolute Gasteiger partial charge is 0.134 e. The first-order valence-electron chi connectivity index (χ1n) is 6.37. The Labute approximate surface area is 118 Å². The summed E-state index contributed by atoms with van der Waals surface area (Å²) in [5.74, 6) is 2.06. The second-order valence-corrected chi connectivity index (χ2v) is 5.74. The molecule has 4 nitrogen and oxygen atoms in total. The van der Waals surface area contributed by atoms with Crippen LogP contribution in [0.3, 0.4) is 0 Å². The number of aliphatic hydroxyl groups excluding tert-OH is 1. The minimum absolute atomic E-state index is 0.201. The van der Waals surface area contributed by atoms with Crippen LogP contribution >= 0.6 is 15.9 Å². The number of aromatic nitrogens is 2. The molecule has 102 valence electrons. The van der Waals surface area contributed by atoms with Crippen LogP contribution in [0.1, 0.15) is 45.9 Å². The van der Waals surface area contributed by atoms with Crippen molar-refractivity contribution in [2.45, 2.75) is 46.1 Å². The van der Waals surface area contributed by atoms with E-state index < -0.39 is 0 Å². The van der Waals surface area contributed by atoms with E-state index in [9.17, 15) is 0 Å². The number of rotatable bonds is 6. The molecule has 0 fully saturated rings. The molecule has 0 aliphatic rings. The van der Waals surface area contributed by atoms with E-state index >= 15 is 0 Å². The zero-order chi connectivity index (χ0) is 13.7. The molecule has 1 N–H and O–H groups in total. The van der Waals surface area contributed by atoms with Gasteiger partial charge >= 0.3 is 0 Å².